The molecule has 3 rings (SSSR count). The lowest BCUT2D eigenvalue weighted by Crippen LogP contribution is -2.46. The fraction of sp³-hybridized carbons (Fsp3) is 0.647. The van der Waals surface area contributed by atoms with Crippen molar-refractivity contribution in [3.63, 3.8) is 0 Å². The molecule has 2 aliphatic rings. The molecule has 1 saturated heterocycles. The molecular weight excluding hydrogens is 266 g/mol. The quantitative estimate of drug-likeness (QED) is 0.892. The Balaban J connectivity index is 1.65. The first kappa shape index (κ1) is 14.8. The standard InChI is InChI=1S/C17H25NO3/c1-17(19,11-14-12-20-9-7-18-14)10-13-6-8-21-16-5-3-2-4-15(13)16/h2-5,13-14,18-19H,6-12H2,1H3. The third kappa shape index (κ3) is 3.76. The van der Waals surface area contributed by atoms with Crippen LogP contribution in [0.3, 0.4) is 0 Å². The summed E-state index contributed by atoms with van der Waals surface area (Å²) in [6.45, 7) is 5.03. The summed E-state index contributed by atoms with van der Waals surface area (Å²) in [6.07, 6.45) is 2.47. The molecular formula is C17H25NO3. The molecule has 1 aromatic carbocycles. The summed E-state index contributed by atoms with van der Waals surface area (Å²) >= 11 is 0. The second kappa shape index (κ2) is 6.34. The maximum Gasteiger partial charge on any atom is 0.122 e. The van der Waals surface area contributed by atoms with Gasteiger partial charge in [-0.05, 0) is 43.7 Å². The van der Waals surface area contributed by atoms with Gasteiger partial charge in [0.2, 0.25) is 0 Å². The van der Waals surface area contributed by atoms with Gasteiger partial charge in [0, 0.05) is 12.6 Å². The van der Waals surface area contributed by atoms with Gasteiger partial charge < -0.3 is 19.9 Å². The topological polar surface area (TPSA) is 50.7 Å². The van der Waals surface area contributed by atoms with E-state index >= 15 is 0 Å². The minimum Gasteiger partial charge on any atom is -0.493 e. The van der Waals surface area contributed by atoms with Crippen LogP contribution in [0.1, 0.15) is 37.7 Å². The normalized spacial score (nSPS) is 28.3. The Bertz CT molecular complexity index is 469. The Labute approximate surface area is 126 Å². The SMILES string of the molecule is CC(O)(CC1COCCN1)CC1CCOc2ccccc21. The van der Waals surface area contributed by atoms with Gasteiger partial charge in [-0.1, -0.05) is 18.2 Å². The summed E-state index contributed by atoms with van der Waals surface area (Å²) in [5.74, 6) is 1.35. The summed E-state index contributed by atoms with van der Waals surface area (Å²) in [7, 11) is 0. The van der Waals surface area contributed by atoms with Gasteiger partial charge in [-0.2, -0.15) is 0 Å². The Morgan fingerprint density at radius 1 is 1.29 bits per heavy atom. The van der Waals surface area contributed by atoms with Crippen LogP contribution >= 0.6 is 0 Å². The lowest BCUT2D eigenvalue weighted by atomic mass is 9.81. The van der Waals surface area contributed by atoms with Crippen LogP contribution in [-0.4, -0.2) is 43.1 Å². The van der Waals surface area contributed by atoms with Gasteiger partial charge in [-0.25, -0.2) is 0 Å². The van der Waals surface area contributed by atoms with E-state index in [1.807, 2.05) is 25.1 Å². The molecule has 3 unspecified atom stereocenters. The van der Waals surface area contributed by atoms with Gasteiger partial charge in [0.15, 0.2) is 0 Å². The van der Waals surface area contributed by atoms with Crippen LogP contribution in [0.4, 0.5) is 0 Å². The van der Waals surface area contributed by atoms with Crippen LogP contribution in [0.15, 0.2) is 24.3 Å². The second-order valence-electron chi connectivity index (χ2n) is 6.50. The highest BCUT2D eigenvalue weighted by Gasteiger charge is 2.32. The van der Waals surface area contributed by atoms with Crippen molar-refractivity contribution in [2.24, 2.45) is 0 Å². The maximum absolute atomic E-state index is 10.8. The van der Waals surface area contributed by atoms with Crippen LogP contribution in [0.2, 0.25) is 0 Å². The van der Waals surface area contributed by atoms with E-state index in [2.05, 4.69) is 11.4 Å². The van der Waals surface area contributed by atoms with Crippen LogP contribution in [0.25, 0.3) is 0 Å². The number of rotatable bonds is 4. The Morgan fingerprint density at radius 3 is 2.95 bits per heavy atom. The van der Waals surface area contributed by atoms with Crippen molar-refractivity contribution in [3.8, 4) is 5.75 Å². The molecule has 0 amide bonds. The number of benzene rings is 1. The van der Waals surface area contributed by atoms with Crippen molar-refractivity contribution in [1.82, 2.24) is 5.32 Å². The molecule has 4 nitrogen and oxygen atoms in total. The fourth-order valence-corrected chi connectivity index (χ4v) is 3.52. The first-order chi connectivity index (χ1) is 10.1. The number of ether oxygens (including phenoxy) is 2. The average Bonchev–Trinajstić information content (AvgIpc) is 2.48. The molecule has 1 aromatic rings. The zero-order valence-corrected chi connectivity index (χ0v) is 12.7. The molecule has 2 heterocycles. The van der Waals surface area contributed by atoms with E-state index in [4.69, 9.17) is 9.47 Å². The first-order valence-electron chi connectivity index (χ1n) is 7.89. The number of nitrogens with one attached hydrogen (secondary N) is 1. The van der Waals surface area contributed by atoms with Gasteiger partial charge in [-0.3, -0.25) is 0 Å². The van der Waals surface area contributed by atoms with Crippen LogP contribution in [0.5, 0.6) is 5.75 Å². The monoisotopic (exact) mass is 291 g/mol. The summed E-state index contributed by atoms with van der Waals surface area (Å²) < 4.78 is 11.2. The Kier molecular flexibility index (Phi) is 4.48. The van der Waals surface area contributed by atoms with Crippen molar-refractivity contribution in [3.05, 3.63) is 29.8 Å². The number of hydrogen-bond acceptors (Lipinski definition) is 4. The van der Waals surface area contributed by atoms with Gasteiger partial charge >= 0.3 is 0 Å². The van der Waals surface area contributed by atoms with Crippen molar-refractivity contribution in [2.45, 2.75) is 43.7 Å². The highest BCUT2D eigenvalue weighted by Crippen LogP contribution is 2.39. The minimum absolute atomic E-state index is 0.254. The third-order valence-corrected chi connectivity index (χ3v) is 4.45. The minimum atomic E-state index is -0.687. The molecule has 21 heavy (non-hydrogen) atoms. The van der Waals surface area contributed by atoms with Crippen LogP contribution in [0, 0.1) is 0 Å². The largest absolute Gasteiger partial charge is 0.493 e. The molecule has 0 bridgehead atoms. The summed E-state index contributed by atoms with van der Waals surface area (Å²) in [6, 6.07) is 8.45. The van der Waals surface area contributed by atoms with E-state index in [0.29, 0.717) is 12.5 Å². The van der Waals surface area contributed by atoms with Crippen LogP contribution < -0.4 is 10.1 Å². The van der Waals surface area contributed by atoms with Gasteiger partial charge in [0.25, 0.3) is 0 Å². The Hall–Kier alpha value is -1.10. The predicted octanol–water partition coefficient (Wildman–Crippen LogP) is 2.07. The average molecular weight is 291 g/mol. The fourth-order valence-electron chi connectivity index (χ4n) is 3.52. The molecule has 3 atom stereocenters. The third-order valence-electron chi connectivity index (χ3n) is 4.45. The number of hydrogen-bond donors (Lipinski definition) is 2. The second-order valence-corrected chi connectivity index (χ2v) is 6.50. The molecule has 2 aliphatic heterocycles. The van der Waals surface area contributed by atoms with E-state index in [9.17, 15) is 5.11 Å². The van der Waals surface area contributed by atoms with E-state index in [-0.39, 0.29) is 6.04 Å². The molecule has 0 aliphatic carbocycles. The van der Waals surface area contributed by atoms with Crippen molar-refractivity contribution < 1.29 is 14.6 Å². The number of fused-ring (bicyclic) bond motifs is 1. The van der Waals surface area contributed by atoms with Gasteiger partial charge in [0.05, 0.1) is 25.4 Å². The summed E-state index contributed by atoms with van der Waals surface area (Å²) in [4.78, 5) is 0. The predicted molar refractivity (Wildman–Crippen MR) is 81.8 cm³/mol. The molecule has 2 N–H and O–H groups in total. The van der Waals surface area contributed by atoms with E-state index in [1.165, 1.54) is 5.56 Å². The zero-order chi connectivity index (χ0) is 14.7. The van der Waals surface area contributed by atoms with Crippen LogP contribution in [-0.2, 0) is 4.74 Å². The molecule has 0 aromatic heterocycles. The zero-order valence-electron chi connectivity index (χ0n) is 12.7. The Morgan fingerprint density at radius 2 is 2.14 bits per heavy atom. The van der Waals surface area contributed by atoms with E-state index in [0.717, 1.165) is 44.8 Å². The van der Waals surface area contributed by atoms with Gasteiger partial charge in [-0.15, -0.1) is 0 Å². The summed E-state index contributed by atoms with van der Waals surface area (Å²) in [5, 5.41) is 14.2. The number of morpholine rings is 1. The molecule has 1 fully saturated rings. The van der Waals surface area contributed by atoms with Gasteiger partial charge in [0.1, 0.15) is 5.75 Å². The van der Waals surface area contributed by atoms with E-state index in [1.54, 1.807) is 0 Å². The lowest BCUT2D eigenvalue weighted by molar-refractivity contribution is -0.00557. The smallest absolute Gasteiger partial charge is 0.122 e. The van der Waals surface area contributed by atoms with Crippen molar-refractivity contribution in [2.75, 3.05) is 26.4 Å². The highest BCUT2D eigenvalue weighted by atomic mass is 16.5. The number of aliphatic hydroxyl groups is 1. The van der Waals surface area contributed by atoms with Crippen molar-refractivity contribution in [1.29, 1.82) is 0 Å². The molecule has 116 valence electrons. The van der Waals surface area contributed by atoms with Crippen molar-refractivity contribution >= 4 is 0 Å². The highest BCUT2D eigenvalue weighted by molar-refractivity contribution is 5.37. The molecule has 0 radical (unpaired) electrons. The summed E-state index contributed by atoms with van der Waals surface area (Å²) in [5.41, 5.74) is 0.546. The maximum atomic E-state index is 10.8. The van der Waals surface area contributed by atoms with E-state index < -0.39 is 5.60 Å². The molecule has 0 spiro atoms. The number of para-hydroxylation sites is 1. The lowest BCUT2D eigenvalue weighted by Gasteiger charge is -2.35. The molecule has 4 heteroatoms. The molecule has 0 saturated carbocycles. The first-order valence-corrected chi connectivity index (χ1v) is 7.89.